The first-order chi connectivity index (χ1) is 13.0. The summed E-state index contributed by atoms with van der Waals surface area (Å²) in [7, 11) is 0. The van der Waals surface area contributed by atoms with E-state index < -0.39 is 0 Å². The number of imide groups is 1. The normalized spacial score (nSPS) is 21.7. The second kappa shape index (κ2) is 8.67. The lowest BCUT2D eigenvalue weighted by Crippen LogP contribution is -2.45. The number of halogens is 1. The van der Waals surface area contributed by atoms with E-state index in [4.69, 9.17) is 11.6 Å². The minimum Gasteiger partial charge on any atom is -0.351 e. The van der Waals surface area contributed by atoms with Crippen LogP contribution in [0.25, 0.3) is 0 Å². The Bertz CT molecular complexity index is 721. The third kappa shape index (κ3) is 4.57. The third-order valence-corrected chi connectivity index (χ3v) is 5.41. The van der Waals surface area contributed by atoms with E-state index in [0.29, 0.717) is 31.0 Å². The van der Waals surface area contributed by atoms with Crippen molar-refractivity contribution in [2.45, 2.75) is 26.3 Å². The van der Waals surface area contributed by atoms with Gasteiger partial charge in [-0.25, -0.2) is 0 Å². The monoisotopic (exact) mass is 389 g/mol. The van der Waals surface area contributed by atoms with Crippen molar-refractivity contribution < 1.29 is 14.4 Å². The lowest BCUT2D eigenvalue weighted by molar-refractivity contribution is -0.143. The van der Waals surface area contributed by atoms with E-state index in [1.165, 1.54) is 4.90 Å². The number of rotatable bonds is 7. The van der Waals surface area contributed by atoms with Crippen LogP contribution >= 0.6 is 11.6 Å². The summed E-state index contributed by atoms with van der Waals surface area (Å²) in [4.78, 5) is 40.5. The molecular weight excluding hydrogens is 366 g/mol. The first-order valence-corrected chi connectivity index (χ1v) is 9.61. The summed E-state index contributed by atoms with van der Waals surface area (Å²) in [6.45, 7) is 3.18. The molecule has 144 valence electrons. The molecule has 6 nitrogen and oxygen atoms in total. The molecule has 1 aliphatic heterocycles. The Kier molecular flexibility index (Phi) is 6.29. The van der Waals surface area contributed by atoms with Gasteiger partial charge in [0.2, 0.25) is 17.7 Å². The number of likely N-dealkylation sites (tertiary alicyclic amines) is 1. The van der Waals surface area contributed by atoms with Crippen molar-refractivity contribution in [1.29, 1.82) is 0 Å². The summed E-state index contributed by atoms with van der Waals surface area (Å²) in [5.41, 5.74) is 0.956. The van der Waals surface area contributed by atoms with Gasteiger partial charge in [-0.1, -0.05) is 42.8 Å². The SMILES string of the molecule is CCN(CC(=O)NCc1ccc(Cl)cc1)CN1C(=O)[C@H]2CC=CC[C@H]2C1=O. The summed E-state index contributed by atoms with van der Waals surface area (Å²) >= 11 is 5.85. The van der Waals surface area contributed by atoms with Crippen molar-refractivity contribution in [2.75, 3.05) is 19.8 Å². The van der Waals surface area contributed by atoms with Gasteiger partial charge >= 0.3 is 0 Å². The molecule has 3 rings (SSSR count). The van der Waals surface area contributed by atoms with E-state index in [0.717, 1.165) is 5.56 Å². The molecule has 0 radical (unpaired) electrons. The van der Waals surface area contributed by atoms with Crippen molar-refractivity contribution in [1.82, 2.24) is 15.1 Å². The summed E-state index contributed by atoms with van der Waals surface area (Å²) in [6.07, 6.45) is 5.19. The van der Waals surface area contributed by atoms with Gasteiger partial charge in [0.1, 0.15) is 0 Å². The standard InChI is InChI=1S/C20H24ClN3O3/c1-2-23(12-18(25)22-11-14-7-9-15(21)10-8-14)13-24-19(26)16-5-3-4-6-17(16)20(24)27/h3-4,7-10,16-17H,2,5-6,11-13H2,1H3,(H,22,25)/t16-,17+. The maximum atomic E-state index is 12.6. The Morgan fingerprint density at radius 3 is 2.30 bits per heavy atom. The topological polar surface area (TPSA) is 69.7 Å². The van der Waals surface area contributed by atoms with E-state index in [-0.39, 0.29) is 42.8 Å². The van der Waals surface area contributed by atoms with E-state index in [1.54, 1.807) is 17.0 Å². The van der Waals surface area contributed by atoms with Crippen molar-refractivity contribution >= 4 is 29.3 Å². The second-order valence-corrected chi connectivity index (χ2v) is 7.39. The number of nitrogens with one attached hydrogen (secondary N) is 1. The predicted octanol–water partition coefficient (Wildman–Crippen LogP) is 2.19. The third-order valence-electron chi connectivity index (χ3n) is 5.16. The van der Waals surface area contributed by atoms with E-state index in [1.807, 2.05) is 31.2 Å². The van der Waals surface area contributed by atoms with Gasteiger partial charge in [-0.05, 0) is 37.1 Å². The van der Waals surface area contributed by atoms with Crippen LogP contribution in [-0.2, 0) is 20.9 Å². The Labute approximate surface area is 164 Å². The quantitative estimate of drug-likeness (QED) is 0.573. The Hall–Kier alpha value is -2.18. The highest BCUT2D eigenvalue weighted by Gasteiger charge is 2.47. The first kappa shape index (κ1) is 19.6. The van der Waals surface area contributed by atoms with Crippen LogP contribution in [0.3, 0.4) is 0 Å². The van der Waals surface area contributed by atoms with Gasteiger partial charge in [-0.3, -0.25) is 24.2 Å². The smallest absolute Gasteiger partial charge is 0.234 e. The highest BCUT2D eigenvalue weighted by atomic mass is 35.5. The molecule has 1 fully saturated rings. The van der Waals surface area contributed by atoms with Gasteiger partial charge in [-0.2, -0.15) is 0 Å². The number of amides is 3. The minimum atomic E-state index is -0.236. The number of benzene rings is 1. The Balaban J connectivity index is 1.52. The Morgan fingerprint density at radius 2 is 1.74 bits per heavy atom. The molecular formula is C20H24ClN3O3. The van der Waals surface area contributed by atoms with Gasteiger partial charge in [0.15, 0.2) is 0 Å². The lowest BCUT2D eigenvalue weighted by Gasteiger charge is -2.25. The van der Waals surface area contributed by atoms with Gasteiger partial charge < -0.3 is 5.32 Å². The average Bonchev–Trinajstić information content (AvgIpc) is 2.92. The highest BCUT2D eigenvalue weighted by Crippen LogP contribution is 2.34. The van der Waals surface area contributed by atoms with Gasteiger partial charge in [-0.15, -0.1) is 0 Å². The fraction of sp³-hybridized carbons (Fsp3) is 0.450. The fourth-order valence-electron chi connectivity index (χ4n) is 3.53. The van der Waals surface area contributed by atoms with E-state index in [2.05, 4.69) is 5.32 Å². The molecule has 27 heavy (non-hydrogen) atoms. The number of allylic oxidation sites excluding steroid dienone is 2. The van der Waals surface area contributed by atoms with Crippen LogP contribution in [0.15, 0.2) is 36.4 Å². The zero-order chi connectivity index (χ0) is 19.4. The van der Waals surface area contributed by atoms with Gasteiger partial charge in [0, 0.05) is 11.6 Å². The lowest BCUT2D eigenvalue weighted by atomic mass is 9.85. The number of hydrogen-bond donors (Lipinski definition) is 1. The highest BCUT2D eigenvalue weighted by molar-refractivity contribution is 6.30. The van der Waals surface area contributed by atoms with Crippen LogP contribution in [0.1, 0.15) is 25.3 Å². The molecule has 1 aromatic rings. The van der Waals surface area contributed by atoms with Crippen LogP contribution < -0.4 is 5.32 Å². The molecule has 1 heterocycles. The molecule has 3 amide bonds. The number of fused-ring (bicyclic) bond motifs is 1. The molecule has 0 spiro atoms. The molecule has 2 aliphatic rings. The summed E-state index contributed by atoms with van der Waals surface area (Å²) in [5, 5.41) is 3.51. The first-order valence-electron chi connectivity index (χ1n) is 9.23. The average molecular weight is 390 g/mol. The molecule has 2 atom stereocenters. The van der Waals surface area contributed by atoms with Crippen molar-refractivity contribution in [3.63, 3.8) is 0 Å². The van der Waals surface area contributed by atoms with Crippen LogP contribution in [0.5, 0.6) is 0 Å². The molecule has 1 saturated heterocycles. The van der Waals surface area contributed by atoms with Crippen LogP contribution in [0, 0.1) is 11.8 Å². The van der Waals surface area contributed by atoms with Gasteiger partial charge in [0.05, 0.1) is 25.0 Å². The number of hydrogen-bond acceptors (Lipinski definition) is 4. The maximum Gasteiger partial charge on any atom is 0.234 e. The second-order valence-electron chi connectivity index (χ2n) is 6.95. The molecule has 0 unspecified atom stereocenters. The van der Waals surface area contributed by atoms with Crippen LogP contribution in [-0.4, -0.2) is 47.3 Å². The summed E-state index contributed by atoms with van der Waals surface area (Å²) in [5.74, 6) is -0.853. The van der Waals surface area contributed by atoms with Gasteiger partial charge in [0.25, 0.3) is 0 Å². The molecule has 1 aliphatic carbocycles. The van der Waals surface area contributed by atoms with Crippen LogP contribution in [0.4, 0.5) is 0 Å². The maximum absolute atomic E-state index is 12.6. The molecule has 1 N–H and O–H groups in total. The van der Waals surface area contributed by atoms with Crippen molar-refractivity contribution in [3.8, 4) is 0 Å². The molecule has 7 heteroatoms. The predicted molar refractivity (Wildman–Crippen MR) is 103 cm³/mol. The number of nitrogens with zero attached hydrogens (tertiary/aromatic N) is 2. The molecule has 1 aromatic carbocycles. The zero-order valence-corrected chi connectivity index (χ0v) is 16.1. The molecule has 0 bridgehead atoms. The minimum absolute atomic E-state index is 0.116. The number of carbonyl (C=O) groups is 3. The fourth-order valence-corrected chi connectivity index (χ4v) is 3.66. The molecule has 0 aromatic heterocycles. The van der Waals surface area contributed by atoms with Crippen molar-refractivity contribution in [2.24, 2.45) is 11.8 Å². The van der Waals surface area contributed by atoms with E-state index in [9.17, 15) is 14.4 Å². The summed E-state index contributed by atoms with van der Waals surface area (Å²) < 4.78 is 0. The largest absolute Gasteiger partial charge is 0.351 e. The Morgan fingerprint density at radius 1 is 1.15 bits per heavy atom. The number of carbonyl (C=O) groups excluding carboxylic acids is 3. The zero-order valence-electron chi connectivity index (χ0n) is 15.4. The summed E-state index contributed by atoms with van der Waals surface area (Å²) in [6, 6.07) is 7.27. The number of likely N-dealkylation sites (N-methyl/N-ethyl adjacent to an activating group) is 1. The van der Waals surface area contributed by atoms with E-state index >= 15 is 0 Å². The molecule has 0 saturated carbocycles. The van der Waals surface area contributed by atoms with Crippen molar-refractivity contribution in [3.05, 3.63) is 47.0 Å². The van der Waals surface area contributed by atoms with Crippen LogP contribution in [0.2, 0.25) is 5.02 Å².